The summed E-state index contributed by atoms with van der Waals surface area (Å²) in [6, 6.07) is 0. The van der Waals surface area contributed by atoms with Gasteiger partial charge in [-0.2, -0.15) is 0 Å². The number of aliphatic hydroxyl groups is 1. The van der Waals surface area contributed by atoms with Gasteiger partial charge in [0, 0.05) is 39.4 Å². The summed E-state index contributed by atoms with van der Waals surface area (Å²) in [6.07, 6.45) is 3.84. The van der Waals surface area contributed by atoms with E-state index < -0.39 is 70.3 Å². The van der Waals surface area contributed by atoms with Crippen LogP contribution in [0.3, 0.4) is 0 Å². The Morgan fingerprint density at radius 1 is 1.19 bits per heavy atom. The third kappa shape index (κ3) is 3.80. The van der Waals surface area contributed by atoms with E-state index in [4.69, 9.17) is 9.47 Å². The molecule has 1 N–H and O–H groups in total. The van der Waals surface area contributed by atoms with Crippen LogP contribution in [-0.4, -0.2) is 56.5 Å². The van der Waals surface area contributed by atoms with Crippen LogP contribution in [0.5, 0.6) is 0 Å². The van der Waals surface area contributed by atoms with Crippen LogP contribution in [-0.2, 0) is 28.7 Å². The molecule has 0 heterocycles. The third-order valence-electron chi connectivity index (χ3n) is 9.78. The Kier molecular flexibility index (Phi) is 7.32. The van der Waals surface area contributed by atoms with Crippen LogP contribution in [0, 0.1) is 28.6 Å². The number of aliphatic hydroxyl groups excluding tert-OH is 1. The number of ether oxygens (including phenoxy) is 2. The molecule has 37 heavy (non-hydrogen) atoms. The standard InChI is InChI=1S/C28H36FIO7/c1-6-22(34)36-14-21(33)28(37-23(35)7-2)15(3)10-18-24-19(30)12-16-11-17(31)8-9-25(16,4)27(24,29)20(32)13-26(18,28)5/h8-9,11,15,18-20,24,32H,6-7,10,12-14H2,1-5H3/t15-,18-,19+,20-,24+,25-,26-,27+,28+/m0/s1. The average Bonchev–Trinajstić information content (AvgIpc) is 3.05. The number of Topliss-reactive ketones (excluding diaryl/α,β-unsaturated/α-hetero) is 1. The molecule has 3 fully saturated rings. The predicted molar refractivity (Wildman–Crippen MR) is 141 cm³/mol. The van der Waals surface area contributed by atoms with E-state index in [1.807, 2.05) is 13.8 Å². The molecule has 7 nitrogen and oxygen atoms in total. The molecule has 204 valence electrons. The van der Waals surface area contributed by atoms with Gasteiger partial charge in [0.2, 0.25) is 5.78 Å². The van der Waals surface area contributed by atoms with Gasteiger partial charge in [-0.25, -0.2) is 4.39 Å². The maximum absolute atomic E-state index is 17.6. The van der Waals surface area contributed by atoms with Crippen molar-refractivity contribution in [1.82, 2.24) is 0 Å². The normalized spacial score (nSPS) is 44.3. The first-order valence-corrected chi connectivity index (χ1v) is 14.3. The topological polar surface area (TPSA) is 107 Å². The molecule has 9 atom stereocenters. The summed E-state index contributed by atoms with van der Waals surface area (Å²) in [4.78, 5) is 50.6. The quantitative estimate of drug-likeness (QED) is 0.266. The van der Waals surface area contributed by atoms with Gasteiger partial charge in [-0.05, 0) is 44.3 Å². The number of halogens is 2. The van der Waals surface area contributed by atoms with Gasteiger partial charge in [-0.15, -0.1) is 0 Å². The molecule has 0 radical (unpaired) electrons. The lowest BCUT2D eigenvalue weighted by Crippen LogP contribution is -2.71. The Hall–Kier alpha value is -1.62. The molecule has 0 amide bonds. The Morgan fingerprint density at radius 2 is 1.84 bits per heavy atom. The molecule has 0 saturated heterocycles. The summed E-state index contributed by atoms with van der Waals surface area (Å²) in [5.74, 6) is -3.42. The average molecular weight is 630 g/mol. The second-order valence-corrected chi connectivity index (χ2v) is 13.1. The van der Waals surface area contributed by atoms with Crippen molar-refractivity contribution < 1.29 is 38.1 Å². The number of allylic oxidation sites excluding steroid dienone is 4. The van der Waals surface area contributed by atoms with Gasteiger partial charge in [-0.1, -0.05) is 61.9 Å². The molecule has 3 saturated carbocycles. The van der Waals surface area contributed by atoms with Crippen LogP contribution < -0.4 is 0 Å². The highest BCUT2D eigenvalue weighted by Crippen LogP contribution is 2.72. The first kappa shape index (κ1) is 28.4. The molecule has 9 heteroatoms. The van der Waals surface area contributed by atoms with Crippen molar-refractivity contribution in [2.75, 3.05) is 6.61 Å². The minimum absolute atomic E-state index is 0.0379. The number of alkyl halides is 2. The predicted octanol–water partition coefficient (Wildman–Crippen LogP) is 4.23. The van der Waals surface area contributed by atoms with Gasteiger partial charge in [0.05, 0.1) is 6.10 Å². The number of carbonyl (C=O) groups is 4. The van der Waals surface area contributed by atoms with E-state index in [-0.39, 0.29) is 29.0 Å². The fourth-order valence-corrected chi connectivity index (χ4v) is 9.44. The van der Waals surface area contributed by atoms with E-state index >= 15 is 4.39 Å². The second kappa shape index (κ2) is 9.54. The lowest BCUT2D eigenvalue weighted by atomic mass is 9.44. The van der Waals surface area contributed by atoms with Crippen LogP contribution in [0.2, 0.25) is 0 Å². The number of rotatable bonds is 6. The highest BCUT2D eigenvalue weighted by atomic mass is 127. The largest absolute Gasteiger partial charge is 0.457 e. The van der Waals surface area contributed by atoms with Crippen molar-refractivity contribution in [2.24, 2.45) is 28.6 Å². The number of ketones is 2. The summed E-state index contributed by atoms with van der Waals surface area (Å²) >= 11 is 2.21. The summed E-state index contributed by atoms with van der Waals surface area (Å²) in [5.41, 5.74) is -5.37. The molecule has 4 aliphatic carbocycles. The molecule has 0 aromatic carbocycles. The van der Waals surface area contributed by atoms with E-state index in [1.54, 1.807) is 26.8 Å². The number of carbonyl (C=O) groups excluding carboxylic acids is 4. The Balaban J connectivity index is 1.84. The van der Waals surface area contributed by atoms with Gasteiger partial charge in [0.15, 0.2) is 23.7 Å². The van der Waals surface area contributed by atoms with E-state index in [1.165, 1.54) is 12.2 Å². The summed E-state index contributed by atoms with van der Waals surface area (Å²) in [7, 11) is 0. The van der Waals surface area contributed by atoms with Gasteiger partial charge in [0.1, 0.15) is 0 Å². The minimum Gasteiger partial charge on any atom is -0.457 e. The molecule has 0 unspecified atom stereocenters. The van der Waals surface area contributed by atoms with Gasteiger partial charge in [0.25, 0.3) is 0 Å². The molecule has 0 bridgehead atoms. The first-order chi connectivity index (χ1) is 17.2. The fraction of sp³-hybridized carbons (Fsp3) is 0.714. The maximum Gasteiger partial charge on any atom is 0.306 e. The van der Waals surface area contributed by atoms with Crippen molar-refractivity contribution in [3.8, 4) is 0 Å². The van der Waals surface area contributed by atoms with Crippen LogP contribution in [0.15, 0.2) is 23.8 Å². The van der Waals surface area contributed by atoms with Crippen molar-refractivity contribution in [3.05, 3.63) is 23.8 Å². The smallest absolute Gasteiger partial charge is 0.306 e. The highest BCUT2D eigenvalue weighted by molar-refractivity contribution is 14.1. The highest BCUT2D eigenvalue weighted by Gasteiger charge is 2.78. The monoisotopic (exact) mass is 630 g/mol. The van der Waals surface area contributed by atoms with Gasteiger partial charge >= 0.3 is 11.9 Å². The van der Waals surface area contributed by atoms with Crippen LogP contribution in [0.25, 0.3) is 0 Å². The molecule has 0 spiro atoms. The summed E-state index contributed by atoms with van der Waals surface area (Å²) < 4.78 is 28.5. The van der Waals surface area contributed by atoms with Gasteiger partial charge in [-0.3, -0.25) is 19.2 Å². The molecule has 4 aliphatic rings. The van der Waals surface area contributed by atoms with Crippen molar-refractivity contribution in [2.45, 2.75) is 88.0 Å². The number of esters is 2. The van der Waals surface area contributed by atoms with E-state index in [2.05, 4.69) is 22.6 Å². The molecule has 0 aromatic heterocycles. The maximum atomic E-state index is 17.6. The number of fused-ring (bicyclic) bond motifs is 5. The van der Waals surface area contributed by atoms with Crippen LogP contribution in [0.1, 0.15) is 66.7 Å². The summed E-state index contributed by atoms with van der Waals surface area (Å²) in [6.45, 7) is 8.06. The second-order valence-electron chi connectivity index (χ2n) is 11.5. The molecular formula is C28H36FIO7. The third-order valence-corrected chi connectivity index (χ3v) is 11.0. The van der Waals surface area contributed by atoms with Crippen molar-refractivity contribution >= 4 is 46.1 Å². The molecule has 0 aromatic rings. The molecule has 0 aliphatic heterocycles. The minimum atomic E-state index is -2.09. The Bertz CT molecular complexity index is 1090. The number of hydrogen-bond acceptors (Lipinski definition) is 7. The molecule has 4 rings (SSSR count). The fourth-order valence-electron chi connectivity index (χ4n) is 7.95. The lowest BCUT2D eigenvalue weighted by molar-refractivity contribution is -0.226. The van der Waals surface area contributed by atoms with Gasteiger partial charge < -0.3 is 14.6 Å². The van der Waals surface area contributed by atoms with Crippen LogP contribution >= 0.6 is 22.6 Å². The zero-order valence-electron chi connectivity index (χ0n) is 22.0. The SMILES string of the molecule is CCC(=O)OCC(=O)[C@]1(OC(=O)CC)[C@@H](C)C[C@H]2[C@@H]3[C@H](I)CC4=CC(=O)C=C[C@]4(C)[C@@]3(F)[C@@H](O)C[C@@]21C. The van der Waals surface area contributed by atoms with Crippen LogP contribution in [0.4, 0.5) is 4.39 Å². The van der Waals surface area contributed by atoms with E-state index in [0.29, 0.717) is 18.4 Å². The summed E-state index contributed by atoms with van der Waals surface area (Å²) in [5, 5.41) is 11.6. The van der Waals surface area contributed by atoms with E-state index in [9.17, 15) is 24.3 Å². The number of hydrogen-bond donors (Lipinski definition) is 1. The molecular weight excluding hydrogens is 594 g/mol. The Morgan fingerprint density at radius 3 is 2.46 bits per heavy atom. The van der Waals surface area contributed by atoms with E-state index in [0.717, 1.165) is 0 Å². The first-order valence-electron chi connectivity index (χ1n) is 13.1. The Labute approximate surface area is 230 Å². The zero-order chi connectivity index (χ0) is 27.6. The van der Waals surface area contributed by atoms with Crippen molar-refractivity contribution in [1.29, 1.82) is 0 Å². The zero-order valence-corrected chi connectivity index (χ0v) is 24.2. The van der Waals surface area contributed by atoms with Crippen molar-refractivity contribution in [3.63, 3.8) is 0 Å². The lowest BCUT2D eigenvalue weighted by Gasteiger charge is -2.64.